The SMILES string of the molecule is COc1cc(C(=O)N2C[C@H]3CC[C@@H]2[C@@H]3N)cc2nc(-c3cc4cccc(OC)c4n3CC3CC3)n(C)c12. The number of benzene rings is 2. The van der Waals surface area contributed by atoms with E-state index in [1.54, 1.807) is 14.2 Å². The van der Waals surface area contributed by atoms with Crippen molar-refractivity contribution in [3.63, 3.8) is 0 Å². The van der Waals surface area contributed by atoms with Crippen molar-refractivity contribution in [3.05, 3.63) is 42.0 Å². The van der Waals surface area contributed by atoms with E-state index < -0.39 is 0 Å². The number of imidazole rings is 1. The van der Waals surface area contributed by atoms with E-state index in [0.29, 0.717) is 23.1 Å². The molecule has 2 aromatic carbocycles. The van der Waals surface area contributed by atoms with Crippen LogP contribution in [-0.2, 0) is 13.6 Å². The monoisotopic (exact) mass is 499 g/mol. The molecule has 0 spiro atoms. The van der Waals surface area contributed by atoms with Crippen molar-refractivity contribution in [2.75, 3.05) is 20.8 Å². The Morgan fingerprint density at radius 1 is 1.05 bits per heavy atom. The number of piperidine rings is 1. The van der Waals surface area contributed by atoms with Gasteiger partial charge in [0.1, 0.15) is 17.0 Å². The molecular weight excluding hydrogens is 466 g/mol. The minimum Gasteiger partial charge on any atom is -0.495 e. The summed E-state index contributed by atoms with van der Waals surface area (Å²) in [5, 5.41) is 1.13. The molecule has 1 amide bonds. The number of fused-ring (bicyclic) bond motifs is 4. The number of amides is 1. The molecule has 3 aliphatic rings. The number of rotatable bonds is 6. The van der Waals surface area contributed by atoms with Crippen LogP contribution < -0.4 is 15.2 Å². The van der Waals surface area contributed by atoms with E-state index in [2.05, 4.69) is 21.3 Å². The van der Waals surface area contributed by atoms with Gasteiger partial charge in [0.05, 0.1) is 30.9 Å². The molecule has 192 valence electrons. The molecule has 3 atom stereocenters. The fourth-order valence-electron chi connectivity index (χ4n) is 6.66. The van der Waals surface area contributed by atoms with Crippen LogP contribution in [0.15, 0.2) is 36.4 Å². The summed E-state index contributed by atoms with van der Waals surface area (Å²) in [6, 6.07) is 12.3. The van der Waals surface area contributed by atoms with Gasteiger partial charge in [0, 0.05) is 43.2 Å². The van der Waals surface area contributed by atoms with Crippen LogP contribution in [0.25, 0.3) is 33.5 Å². The highest BCUT2D eigenvalue weighted by atomic mass is 16.5. The Kier molecular flexibility index (Phi) is 5.05. The van der Waals surface area contributed by atoms with Crippen molar-refractivity contribution in [2.45, 2.75) is 44.3 Å². The molecule has 0 radical (unpaired) electrons. The summed E-state index contributed by atoms with van der Waals surface area (Å²) in [6.45, 7) is 1.67. The van der Waals surface area contributed by atoms with Gasteiger partial charge in [-0.15, -0.1) is 0 Å². The van der Waals surface area contributed by atoms with Crippen molar-refractivity contribution in [3.8, 4) is 23.0 Å². The number of likely N-dealkylation sites (tertiary alicyclic amines) is 1. The van der Waals surface area contributed by atoms with Crippen molar-refractivity contribution < 1.29 is 14.3 Å². The largest absolute Gasteiger partial charge is 0.495 e. The van der Waals surface area contributed by atoms with Gasteiger partial charge in [-0.1, -0.05) is 12.1 Å². The van der Waals surface area contributed by atoms with Crippen LogP contribution in [0.2, 0.25) is 0 Å². The molecule has 2 bridgehead atoms. The number of ether oxygens (including phenoxy) is 2. The second kappa shape index (κ2) is 8.25. The molecular formula is C29H33N5O3. The number of para-hydroxylation sites is 1. The van der Waals surface area contributed by atoms with Gasteiger partial charge in [-0.2, -0.15) is 0 Å². The zero-order chi connectivity index (χ0) is 25.4. The first-order chi connectivity index (χ1) is 18.0. The zero-order valence-corrected chi connectivity index (χ0v) is 21.6. The number of carbonyl (C=O) groups is 1. The summed E-state index contributed by atoms with van der Waals surface area (Å²) < 4.78 is 16.0. The molecule has 8 nitrogen and oxygen atoms in total. The smallest absolute Gasteiger partial charge is 0.254 e. The average Bonchev–Trinajstić information content (AvgIpc) is 3.30. The van der Waals surface area contributed by atoms with E-state index in [0.717, 1.165) is 65.1 Å². The Bertz CT molecular complexity index is 1550. The number of hydrogen-bond acceptors (Lipinski definition) is 5. The van der Waals surface area contributed by atoms with Crippen molar-refractivity contribution in [1.29, 1.82) is 0 Å². The number of nitrogens with zero attached hydrogens (tertiary/aromatic N) is 4. The molecule has 0 unspecified atom stereocenters. The van der Waals surface area contributed by atoms with Gasteiger partial charge in [0.2, 0.25) is 0 Å². The van der Waals surface area contributed by atoms with Crippen LogP contribution in [0.4, 0.5) is 0 Å². The van der Waals surface area contributed by atoms with Gasteiger partial charge >= 0.3 is 0 Å². The predicted octanol–water partition coefficient (Wildman–Crippen LogP) is 4.18. The van der Waals surface area contributed by atoms with Gasteiger partial charge in [0.15, 0.2) is 5.82 Å². The standard InChI is InChI=1S/C29H33N5O3/c1-32-27-20(11-19(13-24(27)37-3)29(35)34-15-18-9-10-21(34)25(18)30)31-28(32)22-12-17-5-4-6-23(36-2)26(17)33(22)14-16-7-8-16/h4-6,11-13,16,18,21,25H,7-10,14-15,30H2,1-3H3/t18-,21-,25-/m1/s1. The van der Waals surface area contributed by atoms with E-state index in [1.165, 1.54) is 12.8 Å². The van der Waals surface area contributed by atoms with Crippen molar-refractivity contribution in [1.82, 2.24) is 19.0 Å². The number of aromatic nitrogens is 3. The van der Waals surface area contributed by atoms with Gasteiger partial charge in [-0.25, -0.2) is 4.98 Å². The van der Waals surface area contributed by atoms with Crippen LogP contribution in [-0.4, -0.2) is 57.8 Å². The summed E-state index contributed by atoms with van der Waals surface area (Å²) in [5.41, 5.74) is 10.8. The van der Waals surface area contributed by atoms with Crippen LogP contribution in [0.1, 0.15) is 36.0 Å². The number of nitrogens with two attached hydrogens (primary N) is 1. The second-order valence-electron chi connectivity index (χ2n) is 11.0. The van der Waals surface area contributed by atoms with Gasteiger partial charge in [-0.3, -0.25) is 4.79 Å². The predicted molar refractivity (Wildman–Crippen MR) is 143 cm³/mol. The number of aryl methyl sites for hydroxylation is 1. The van der Waals surface area contributed by atoms with Crippen molar-refractivity contribution >= 4 is 27.8 Å². The lowest BCUT2D eigenvalue weighted by Gasteiger charge is -2.27. The Labute approximate surface area is 215 Å². The van der Waals surface area contributed by atoms with Crippen LogP contribution >= 0.6 is 0 Å². The van der Waals surface area contributed by atoms with E-state index in [-0.39, 0.29) is 18.0 Å². The third kappa shape index (κ3) is 3.38. The topological polar surface area (TPSA) is 87.5 Å². The third-order valence-corrected chi connectivity index (χ3v) is 8.79. The summed E-state index contributed by atoms with van der Waals surface area (Å²) in [6.07, 6.45) is 4.59. The normalized spacial score (nSPS) is 22.9. The van der Waals surface area contributed by atoms with E-state index in [9.17, 15) is 4.79 Å². The quantitative estimate of drug-likeness (QED) is 0.430. The number of carbonyl (C=O) groups excluding carboxylic acids is 1. The second-order valence-corrected chi connectivity index (χ2v) is 11.0. The molecule has 37 heavy (non-hydrogen) atoms. The molecule has 8 heteroatoms. The van der Waals surface area contributed by atoms with Gasteiger partial charge < -0.3 is 29.2 Å². The minimum absolute atomic E-state index is 0.0163. The highest BCUT2D eigenvalue weighted by Crippen LogP contribution is 2.41. The fourth-order valence-corrected chi connectivity index (χ4v) is 6.66. The summed E-state index contributed by atoms with van der Waals surface area (Å²) in [4.78, 5) is 20.6. The Morgan fingerprint density at radius 3 is 2.54 bits per heavy atom. The molecule has 2 saturated carbocycles. The third-order valence-electron chi connectivity index (χ3n) is 8.79. The highest BCUT2D eigenvalue weighted by Gasteiger charge is 2.47. The maximum Gasteiger partial charge on any atom is 0.254 e. The lowest BCUT2D eigenvalue weighted by Crippen LogP contribution is -2.41. The van der Waals surface area contributed by atoms with Crippen LogP contribution in [0.3, 0.4) is 0 Å². The van der Waals surface area contributed by atoms with Gasteiger partial charge in [-0.05, 0) is 61.8 Å². The Hall–Kier alpha value is -3.52. The molecule has 2 N–H and O–H groups in total. The van der Waals surface area contributed by atoms with E-state index >= 15 is 0 Å². The molecule has 3 heterocycles. The summed E-state index contributed by atoms with van der Waals surface area (Å²) in [7, 11) is 5.39. The first kappa shape index (κ1) is 22.7. The van der Waals surface area contributed by atoms with E-state index in [4.69, 9.17) is 20.2 Å². The van der Waals surface area contributed by atoms with Gasteiger partial charge in [0.25, 0.3) is 5.91 Å². The molecule has 1 aliphatic heterocycles. The first-order valence-electron chi connectivity index (χ1n) is 13.3. The zero-order valence-electron chi connectivity index (χ0n) is 21.6. The minimum atomic E-state index is 0.0163. The molecule has 1 saturated heterocycles. The van der Waals surface area contributed by atoms with Crippen LogP contribution in [0, 0.1) is 11.8 Å². The lowest BCUT2D eigenvalue weighted by atomic mass is 10.1. The highest BCUT2D eigenvalue weighted by molar-refractivity contribution is 6.00. The molecule has 2 aliphatic carbocycles. The number of methoxy groups -OCH3 is 2. The summed E-state index contributed by atoms with van der Waals surface area (Å²) in [5.74, 6) is 3.47. The average molecular weight is 500 g/mol. The maximum absolute atomic E-state index is 13.6. The first-order valence-corrected chi connectivity index (χ1v) is 13.3. The van der Waals surface area contributed by atoms with Crippen molar-refractivity contribution in [2.24, 2.45) is 24.6 Å². The lowest BCUT2D eigenvalue weighted by molar-refractivity contribution is 0.0700. The Balaban J connectivity index is 1.36. The number of hydrogen-bond donors (Lipinski definition) is 1. The molecule has 7 rings (SSSR count). The maximum atomic E-state index is 13.6. The van der Waals surface area contributed by atoms with E-state index in [1.807, 2.05) is 36.2 Å². The molecule has 2 aromatic heterocycles. The Morgan fingerprint density at radius 2 is 1.86 bits per heavy atom. The molecule has 3 fully saturated rings. The fraction of sp³-hybridized carbons (Fsp3) is 0.448. The van der Waals surface area contributed by atoms with Crippen LogP contribution in [0.5, 0.6) is 11.5 Å². The molecule has 4 aromatic rings. The summed E-state index contributed by atoms with van der Waals surface area (Å²) >= 11 is 0.